The summed E-state index contributed by atoms with van der Waals surface area (Å²) in [7, 11) is 1.81. The molecule has 0 bridgehead atoms. The minimum absolute atomic E-state index is 0.505. The molecule has 3 atom stereocenters. The van der Waals surface area contributed by atoms with E-state index >= 15 is 0 Å². The van der Waals surface area contributed by atoms with Gasteiger partial charge in [-0.25, -0.2) is 0 Å². The predicted molar refractivity (Wildman–Crippen MR) is 122 cm³/mol. The molecule has 3 rings (SSSR count). The fraction of sp³-hybridized carbons (Fsp3) is 0.500. The standard InChI is InChI=1S/C24H32ClNOS/c1-17-5-7-18(8-6-17)12-21-15-20(9-10-23(21)25)24-14-19(4-3-11-26)13-22(28-24)16-27-2/h5-10,15,19,22,24H,3-4,11-14,16,26H2,1-2H3. The van der Waals surface area contributed by atoms with Crippen LogP contribution in [0.25, 0.3) is 0 Å². The van der Waals surface area contributed by atoms with Crippen molar-refractivity contribution in [2.45, 2.75) is 49.5 Å². The molecule has 2 aromatic rings. The maximum absolute atomic E-state index is 6.55. The highest BCUT2D eigenvalue weighted by atomic mass is 35.5. The largest absolute Gasteiger partial charge is 0.384 e. The van der Waals surface area contributed by atoms with E-state index in [0.717, 1.165) is 36.9 Å². The van der Waals surface area contributed by atoms with E-state index in [-0.39, 0.29) is 0 Å². The smallest absolute Gasteiger partial charge is 0.0581 e. The minimum atomic E-state index is 0.505. The van der Waals surface area contributed by atoms with Gasteiger partial charge in [-0.05, 0) is 74.2 Å². The molecular formula is C24H32ClNOS. The monoisotopic (exact) mass is 417 g/mol. The molecular weight excluding hydrogens is 386 g/mol. The van der Waals surface area contributed by atoms with Crippen LogP contribution in [0, 0.1) is 12.8 Å². The first-order valence-electron chi connectivity index (χ1n) is 10.3. The Kier molecular flexibility index (Phi) is 8.28. The molecule has 0 aliphatic carbocycles. The van der Waals surface area contributed by atoms with Gasteiger partial charge in [0.2, 0.25) is 0 Å². The molecule has 28 heavy (non-hydrogen) atoms. The Bertz CT molecular complexity index is 749. The first-order chi connectivity index (χ1) is 13.6. The number of hydrogen-bond donors (Lipinski definition) is 1. The third-order valence-electron chi connectivity index (χ3n) is 5.63. The van der Waals surface area contributed by atoms with Crippen molar-refractivity contribution >= 4 is 23.4 Å². The number of halogens is 1. The molecule has 0 spiro atoms. The Morgan fingerprint density at radius 1 is 1.14 bits per heavy atom. The van der Waals surface area contributed by atoms with Gasteiger partial charge in [0.25, 0.3) is 0 Å². The zero-order valence-electron chi connectivity index (χ0n) is 17.0. The van der Waals surface area contributed by atoms with E-state index in [9.17, 15) is 0 Å². The highest BCUT2D eigenvalue weighted by Crippen LogP contribution is 2.47. The lowest BCUT2D eigenvalue weighted by Crippen LogP contribution is -2.25. The number of hydrogen-bond acceptors (Lipinski definition) is 3. The van der Waals surface area contributed by atoms with Gasteiger partial charge in [-0.2, -0.15) is 0 Å². The summed E-state index contributed by atoms with van der Waals surface area (Å²) in [5.41, 5.74) is 11.0. The summed E-state index contributed by atoms with van der Waals surface area (Å²) in [6, 6.07) is 15.4. The molecule has 0 aromatic heterocycles. The molecule has 1 aliphatic rings. The molecule has 1 aliphatic heterocycles. The van der Waals surface area contributed by atoms with Crippen LogP contribution in [0.2, 0.25) is 5.02 Å². The van der Waals surface area contributed by atoms with Crippen LogP contribution < -0.4 is 5.73 Å². The van der Waals surface area contributed by atoms with E-state index in [1.165, 1.54) is 41.5 Å². The Morgan fingerprint density at radius 3 is 2.64 bits per heavy atom. The van der Waals surface area contributed by atoms with Crippen molar-refractivity contribution < 1.29 is 4.74 Å². The maximum atomic E-state index is 6.55. The number of nitrogens with two attached hydrogens (primary N) is 1. The van der Waals surface area contributed by atoms with Gasteiger partial charge in [-0.3, -0.25) is 0 Å². The van der Waals surface area contributed by atoms with Crippen molar-refractivity contribution in [3.8, 4) is 0 Å². The van der Waals surface area contributed by atoms with Crippen molar-refractivity contribution in [2.75, 3.05) is 20.3 Å². The Morgan fingerprint density at radius 2 is 1.93 bits per heavy atom. The van der Waals surface area contributed by atoms with Gasteiger partial charge in [-0.15, -0.1) is 11.8 Å². The van der Waals surface area contributed by atoms with Gasteiger partial charge in [-0.1, -0.05) is 53.6 Å². The highest BCUT2D eigenvalue weighted by Gasteiger charge is 2.30. The van der Waals surface area contributed by atoms with Gasteiger partial charge in [0.05, 0.1) is 6.61 Å². The number of rotatable bonds is 8. The predicted octanol–water partition coefficient (Wildman–Crippen LogP) is 6.18. The Hall–Kier alpha value is -1.00. The lowest BCUT2D eigenvalue weighted by molar-refractivity contribution is 0.186. The average molecular weight is 418 g/mol. The second kappa shape index (κ2) is 10.7. The van der Waals surface area contributed by atoms with Crippen LogP contribution in [0.5, 0.6) is 0 Å². The SMILES string of the molecule is COCC1CC(CCCN)CC(c2ccc(Cl)c(Cc3ccc(C)cc3)c2)S1. The van der Waals surface area contributed by atoms with Crippen LogP contribution in [0.1, 0.15) is 53.2 Å². The van der Waals surface area contributed by atoms with E-state index in [0.29, 0.717) is 10.5 Å². The van der Waals surface area contributed by atoms with E-state index in [1.807, 2.05) is 0 Å². The first-order valence-corrected chi connectivity index (χ1v) is 11.6. The zero-order chi connectivity index (χ0) is 19.9. The second-order valence-corrected chi connectivity index (χ2v) is 9.90. The van der Waals surface area contributed by atoms with Crippen molar-refractivity contribution in [2.24, 2.45) is 11.7 Å². The number of thioether (sulfide) groups is 1. The van der Waals surface area contributed by atoms with Gasteiger partial charge < -0.3 is 10.5 Å². The van der Waals surface area contributed by atoms with Crippen LogP contribution in [0.3, 0.4) is 0 Å². The summed E-state index contributed by atoms with van der Waals surface area (Å²) in [6.45, 7) is 3.73. The molecule has 2 aromatic carbocycles. The second-order valence-electron chi connectivity index (χ2n) is 7.98. The number of ether oxygens (including phenoxy) is 1. The van der Waals surface area contributed by atoms with Crippen LogP contribution in [-0.2, 0) is 11.2 Å². The summed E-state index contributed by atoms with van der Waals surface area (Å²) in [5, 5.41) is 1.92. The maximum Gasteiger partial charge on any atom is 0.0581 e. The van der Waals surface area contributed by atoms with Gasteiger partial charge >= 0.3 is 0 Å². The number of methoxy groups -OCH3 is 1. The average Bonchev–Trinajstić information content (AvgIpc) is 2.70. The van der Waals surface area contributed by atoms with Gasteiger partial charge in [0.15, 0.2) is 0 Å². The molecule has 3 unspecified atom stereocenters. The Balaban J connectivity index is 1.77. The van der Waals surface area contributed by atoms with Crippen molar-refractivity contribution in [3.63, 3.8) is 0 Å². The summed E-state index contributed by atoms with van der Waals surface area (Å²) in [5.74, 6) is 0.728. The van der Waals surface area contributed by atoms with Gasteiger partial charge in [0.1, 0.15) is 0 Å². The van der Waals surface area contributed by atoms with Crippen molar-refractivity contribution in [1.82, 2.24) is 0 Å². The molecule has 1 heterocycles. The van der Waals surface area contributed by atoms with E-state index in [2.05, 4.69) is 61.2 Å². The third kappa shape index (κ3) is 6.00. The topological polar surface area (TPSA) is 35.2 Å². The molecule has 0 amide bonds. The number of aryl methyl sites for hydroxylation is 1. The molecule has 0 saturated carbocycles. The molecule has 152 valence electrons. The molecule has 2 N–H and O–H groups in total. The molecule has 4 heteroatoms. The van der Waals surface area contributed by atoms with Crippen LogP contribution in [-0.4, -0.2) is 25.5 Å². The quantitative estimate of drug-likeness (QED) is 0.557. The lowest BCUT2D eigenvalue weighted by atomic mass is 9.89. The fourth-order valence-corrected chi connectivity index (χ4v) is 6.05. The van der Waals surface area contributed by atoms with Crippen LogP contribution in [0.15, 0.2) is 42.5 Å². The van der Waals surface area contributed by atoms with E-state index < -0.39 is 0 Å². The highest BCUT2D eigenvalue weighted by molar-refractivity contribution is 8.00. The van der Waals surface area contributed by atoms with Crippen molar-refractivity contribution in [3.05, 3.63) is 69.7 Å². The van der Waals surface area contributed by atoms with E-state index in [1.54, 1.807) is 7.11 Å². The molecule has 1 saturated heterocycles. The lowest BCUT2D eigenvalue weighted by Gasteiger charge is -2.35. The zero-order valence-corrected chi connectivity index (χ0v) is 18.6. The molecule has 0 radical (unpaired) electrons. The molecule has 2 nitrogen and oxygen atoms in total. The first kappa shape index (κ1) is 21.7. The summed E-state index contributed by atoms with van der Waals surface area (Å²) in [4.78, 5) is 0. The van der Waals surface area contributed by atoms with Crippen molar-refractivity contribution in [1.29, 1.82) is 0 Å². The van der Waals surface area contributed by atoms with Crippen LogP contribution >= 0.6 is 23.4 Å². The Labute approximate surface area is 179 Å². The summed E-state index contributed by atoms with van der Waals surface area (Å²) >= 11 is 8.62. The minimum Gasteiger partial charge on any atom is -0.384 e. The fourth-order valence-electron chi connectivity index (χ4n) is 4.12. The summed E-state index contributed by atoms with van der Waals surface area (Å²) in [6.07, 6.45) is 5.66. The van der Waals surface area contributed by atoms with Crippen LogP contribution in [0.4, 0.5) is 0 Å². The third-order valence-corrected chi connectivity index (χ3v) is 7.50. The van der Waals surface area contributed by atoms with Gasteiger partial charge in [0, 0.05) is 22.6 Å². The van der Waals surface area contributed by atoms with E-state index in [4.69, 9.17) is 22.1 Å². The summed E-state index contributed by atoms with van der Waals surface area (Å²) < 4.78 is 5.48. The normalized spacial score (nSPS) is 22.4. The number of benzene rings is 2. The molecule has 1 fully saturated rings.